The van der Waals surface area contributed by atoms with Gasteiger partial charge >= 0.3 is 0 Å². The van der Waals surface area contributed by atoms with E-state index in [-0.39, 0.29) is 11.7 Å². The van der Waals surface area contributed by atoms with E-state index < -0.39 is 0 Å². The Bertz CT molecular complexity index is 1300. The quantitative estimate of drug-likeness (QED) is 0.389. The molecule has 0 spiro atoms. The van der Waals surface area contributed by atoms with Crippen LogP contribution >= 0.6 is 23.4 Å². The van der Waals surface area contributed by atoms with Gasteiger partial charge in [-0.05, 0) is 56.5 Å². The summed E-state index contributed by atoms with van der Waals surface area (Å²) < 4.78 is 1.76. The maximum absolute atomic E-state index is 12.3. The third-order valence-electron chi connectivity index (χ3n) is 5.32. The first-order chi connectivity index (χ1) is 15.3. The van der Waals surface area contributed by atoms with E-state index in [0.29, 0.717) is 21.6 Å². The van der Waals surface area contributed by atoms with Crippen LogP contribution in [0.5, 0.6) is 0 Å². The first-order valence-corrected chi connectivity index (χ1v) is 11.6. The number of halogens is 1. The average molecular weight is 466 g/mol. The second kappa shape index (κ2) is 9.30. The van der Waals surface area contributed by atoms with Crippen molar-refractivity contribution >= 4 is 40.7 Å². The third-order valence-corrected chi connectivity index (χ3v) is 6.56. The largest absolute Gasteiger partial charge is 0.325 e. The molecule has 0 aliphatic carbocycles. The highest BCUT2D eigenvalue weighted by molar-refractivity contribution is 7.99. The number of amides is 1. The number of anilines is 1. The van der Waals surface area contributed by atoms with Crippen LogP contribution in [0, 0.1) is 27.7 Å². The number of hydrogen-bond acceptors (Lipinski definition) is 5. The van der Waals surface area contributed by atoms with Gasteiger partial charge in [0.05, 0.1) is 5.75 Å². The Hall–Kier alpha value is -2.90. The lowest BCUT2D eigenvalue weighted by atomic mass is 10.0. The molecule has 0 aliphatic rings. The second-order valence-electron chi connectivity index (χ2n) is 7.83. The molecule has 4 aromatic rings. The molecule has 0 bridgehead atoms. The predicted molar refractivity (Wildman–Crippen MR) is 130 cm³/mol. The molecule has 0 saturated heterocycles. The van der Waals surface area contributed by atoms with Crippen LogP contribution in [0.1, 0.15) is 33.6 Å². The van der Waals surface area contributed by atoms with E-state index in [0.717, 1.165) is 28.9 Å². The molecule has 2 aromatic carbocycles. The topological polar surface area (TPSA) is 72.2 Å². The van der Waals surface area contributed by atoms with E-state index in [9.17, 15) is 4.79 Å². The lowest BCUT2D eigenvalue weighted by Gasteiger charge is -2.10. The molecule has 6 nitrogen and oxygen atoms in total. The summed E-state index contributed by atoms with van der Waals surface area (Å²) in [7, 11) is 0. The van der Waals surface area contributed by atoms with Crippen LogP contribution in [-0.4, -0.2) is 31.2 Å². The molecule has 4 rings (SSSR count). The van der Waals surface area contributed by atoms with Crippen LogP contribution in [-0.2, 0) is 11.2 Å². The monoisotopic (exact) mass is 465 g/mol. The van der Waals surface area contributed by atoms with Crippen molar-refractivity contribution in [1.29, 1.82) is 0 Å². The van der Waals surface area contributed by atoms with Gasteiger partial charge in [0.25, 0.3) is 5.78 Å². The van der Waals surface area contributed by atoms with Gasteiger partial charge in [0.2, 0.25) is 11.1 Å². The molecule has 1 amide bonds. The Morgan fingerprint density at radius 3 is 2.53 bits per heavy atom. The zero-order chi connectivity index (χ0) is 22.8. The molecule has 0 unspecified atom stereocenters. The molecule has 2 heterocycles. The molecule has 2 aromatic heterocycles. The summed E-state index contributed by atoms with van der Waals surface area (Å²) >= 11 is 7.41. The second-order valence-corrected chi connectivity index (χ2v) is 9.18. The van der Waals surface area contributed by atoms with E-state index in [2.05, 4.69) is 51.6 Å². The number of benzene rings is 2. The van der Waals surface area contributed by atoms with Crippen molar-refractivity contribution in [1.82, 2.24) is 19.6 Å². The third kappa shape index (κ3) is 4.95. The van der Waals surface area contributed by atoms with Gasteiger partial charge in [-0.1, -0.05) is 59.3 Å². The fourth-order valence-corrected chi connectivity index (χ4v) is 4.21. The number of aromatic nitrogens is 4. The minimum absolute atomic E-state index is 0.144. The number of rotatable bonds is 6. The zero-order valence-corrected chi connectivity index (χ0v) is 20.0. The first-order valence-electron chi connectivity index (χ1n) is 10.3. The first kappa shape index (κ1) is 22.3. The molecule has 32 heavy (non-hydrogen) atoms. The van der Waals surface area contributed by atoms with Gasteiger partial charge in [-0.3, -0.25) is 4.79 Å². The van der Waals surface area contributed by atoms with Crippen molar-refractivity contribution < 1.29 is 4.79 Å². The van der Waals surface area contributed by atoms with Crippen molar-refractivity contribution in [2.24, 2.45) is 0 Å². The van der Waals surface area contributed by atoms with Crippen LogP contribution in [0.15, 0.2) is 47.6 Å². The van der Waals surface area contributed by atoms with Crippen molar-refractivity contribution in [2.45, 2.75) is 39.3 Å². The number of carbonyl (C=O) groups is 1. The molecule has 164 valence electrons. The molecule has 1 N–H and O–H groups in total. The minimum atomic E-state index is -0.144. The molecule has 8 heteroatoms. The highest BCUT2D eigenvalue weighted by Gasteiger charge is 2.15. The van der Waals surface area contributed by atoms with Crippen LogP contribution in [0.2, 0.25) is 5.02 Å². The van der Waals surface area contributed by atoms with Crippen molar-refractivity contribution in [3.8, 4) is 0 Å². The van der Waals surface area contributed by atoms with Gasteiger partial charge < -0.3 is 5.32 Å². The molecule has 0 atom stereocenters. The highest BCUT2D eigenvalue weighted by atomic mass is 35.5. The Balaban J connectivity index is 1.48. The lowest BCUT2D eigenvalue weighted by molar-refractivity contribution is -0.113. The summed E-state index contributed by atoms with van der Waals surface area (Å²) in [4.78, 5) is 21.5. The molecular weight excluding hydrogens is 442 g/mol. The fourth-order valence-electron chi connectivity index (χ4n) is 3.41. The predicted octanol–water partition coefficient (Wildman–Crippen LogP) is 5.33. The Kier molecular flexibility index (Phi) is 6.48. The summed E-state index contributed by atoms with van der Waals surface area (Å²) in [5.74, 6) is 0.590. The van der Waals surface area contributed by atoms with E-state index >= 15 is 0 Å². The number of aryl methyl sites for hydroxylation is 4. The van der Waals surface area contributed by atoms with E-state index in [1.54, 1.807) is 10.6 Å². The van der Waals surface area contributed by atoms with Crippen molar-refractivity contribution in [3.05, 3.63) is 81.1 Å². The standard InChI is InChI=1S/C24H24ClN5OS/c1-14-5-8-18(9-6-14)11-20-16(3)26-23-28-24(29-30(23)17(20)4)32-13-22(31)27-19-10-7-15(2)21(25)12-19/h5-10,12H,11,13H2,1-4H3,(H,27,31). The maximum atomic E-state index is 12.3. The van der Waals surface area contributed by atoms with E-state index in [1.165, 1.54) is 22.9 Å². The maximum Gasteiger partial charge on any atom is 0.253 e. The number of hydrogen-bond donors (Lipinski definition) is 1. The summed E-state index contributed by atoms with van der Waals surface area (Å²) in [5.41, 5.74) is 7.18. The normalized spacial score (nSPS) is 11.2. The number of nitrogens with one attached hydrogen (secondary N) is 1. The average Bonchev–Trinajstić information content (AvgIpc) is 3.17. The molecule has 0 aliphatic heterocycles. The van der Waals surface area contributed by atoms with Crippen LogP contribution in [0.3, 0.4) is 0 Å². The lowest BCUT2D eigenvalue weighted by Crippen LogP contribution is -2.14. The molecule has 0 saturated carbocycles. The Morgan fingerprint density at radius 2 is 1.81 bits per heavy atom. The number of nitrogens with zero attached hydrogens (tertiary/aromatic N) is 4. The molecule has 0 fully saturated rings. The summed E-state index contributed by atoms with van der Waals surface area (Å²) in [5, 5.41) is 8.57. The summed E-state index contributed by atoms with van der Waals surface area (Å²) in [6, 6.07) is 14.0. The van der Waals surface area contributed by atoms with Gasteiger partial charge in [-0.2, -0.15) is 4.98 Å². The zero-order valence-electron chi connectivity index (χ0n) is 18.4. The summed E-state index contributed by atoms with van der Waals surface area (Å²) in [6.07, 6.45) is 0.782. The van der Waals surface area contributed by atoms with Crippen LogP contribution < -0.4 is 5.32 Å². The Labute approximate surface area is 196 Å². The summed E-state index contributed by atoms with van der Waals surface area (Å²) in [6.45, 7) is 8.03. The molecular formula is C24H24ClN5OS. The smallest absolute Gasteiger partial charge is 0.253 e. The van der Waals surface area contributed by atoms with Crippen LogP contribution in [0.25, 0.3) is 5.78 Å². The minimum Gasteiger partial charge on any atom is -0.325 e. The van der Waals surface area contributed by atoms with Gasteiger partial charge in [0.1, 0.15) is 0 Å². The van der Waals surface area contributed by atoms with Gasteiger partial charge in [0.15, 0.2) is 0 Å². The van der Waals surface area contributed by atoms with Gasteiger partial charge in [-0.25, -0.2) is 9.50 Å². The van der Waals surface area contributed by atoms with E-state index in [4.69, 9.17) is 11.6 Å². The van der Waals surface area contributed by atoms with Crippen LogP contribution in [0.4, 0.5) is 5.69 Å². The highest BCUT2D eigenvalue weighted by Crippen LogP contribution is 2.22. The van der Waals surface area contributed by atoms with Crippen molar-refractivity contribution in [3.63, 3.8) is 0 Å². The van der Waals surface area contributed by atoms with Gasteiger partial charge in [-0.15, -0.1) is 5.10 Å². The van der Waals surface area contributed by atoms with Gasteiger partial charge in [0, 0.05) is 28.5 Å². The number of carbonyl (C=O) groups excluding carboxylic acids is 1. The molecule has 0 radical (unpaired) electrons. The van der Waals surface area contributed by atoms with E-state index in [1.807, 2.05) is 32.9 Å². The SMILES string of the molecule is Cc1ccc(Cc2c(C)nc3nc(SCC(=O)Nc4ccc(C)c(Cl)c4)nn3c2C)cc1. The number of fused-ring (bicyclic) bond motifs is 1. The van der Waals surface area contributed by atoms with Crippen molar-refractivity contribution in [2.75, 3.05) is 11.1 Å². The Morgan fingerprint density at radius 1 is 1.06 bits per heavy atom. The fraction of sp³-hybridized carbons (Fsp3) is 0.250. The number of thioether (sulfide) groups is 1.